The van der Waals surface area contributed by atoms with E-state index in [1.165, 1.54) is 4.90 Å². The Morgan fingerprint density at radius 3 is 2.33 bits per heavy atom. The minimum atomic E-state index is -4.13. The fourth-order valence-electron chi connectivity index (χ4n) is 3.76. The highest BCUT2D eigenvalue weighted by atomic mass is 127. The topological polar surface area (TPSA) is 60.0 Å². The maximum absolute atomic E-state index is 12.5. The fourth-order valence-corrected chi connectivity index (χ4v) is 3.76. The second-order valence-electron chi connectivity index (χ2n) is 7.24. The van der Waals surface area contributed by atoms with E-state index in [1.54, 1.807) is 14.1 Å². The van der Waals surface area contributed by atoms with Crippen LogP contribution < -0.4 is 10.6 Å². The van der Waals surface area contributed by atoms with E-state index in [2.05, 4.69) is 20.5 Å². The molecule has 0 aliphatic carbocycles. The molecule has 0 bridgehead atoms. The van der Waals surface area contributed by atoms with Gasteiger partial charge in [0.15, 0.2) is 5.96 Å². The Balaban J connectivity index is 0.00000364. The Morgan fingerprint density at radius 2 is 1.78 bits per heavy atom. The molecular weight excluding hydrogens is 474 g/mol. The lowest BCUT2D eigenvalue weighted by Gasteiger charge is -2.34. The lowest BCUT2D eigenvalue weighted by atomic mass is 9.93. The van der Waals surface area contributed by atoms with Crippen molar-refractivity contribution in [3.05, 3.63) is 0 Å². The van der Waals surface area contributed by atoms with E-state index in [9.17, 15) is 18.0 Å². The van der Waals surface area contributed by atoms with E-state index in [4.69, 9.17) is 0 Å². The largest absolute Gasteiger partial charge is 0.401 e. The maximum atomic E-state index is 12.5. The first-order chi connectivity index (χ1) is 12.3. The van der Waals surface area contributed by atoms with Gasteiger partial charge in [0.2, 0.25) is 5.91 Å². The maximum Gasteiger partial charge on any atom is 0.401 e. The van der Waals surface area contributed by atoms with Gasteiger partial charge in [0.25, 0.3) is 0 Å². The summed E-state index contributed by atoms with van der Waals surface area (Å²) in [6.45, 7) is 2.46. The van der Waals surface area contributed by atoms with Crippen molar-refractivity contribution in [1.29, 1.82) is 0 Å². The van der Waals surface area contributed by atoms with Crippen molar-refractivity contribution < 1.29 is 18.0 Å². The molecule has 2 N–H and O–H groups in total. The molecule has 158 valence electrons. The minimum Gasteiger partial charge on any atom is -0.359 e. The monoisotopic (exact) mass is 505 g/mol. The number of carbonyl (C=O) groups is 1. The van der Waals surface area contributed by atoms with Crippen LogP contribution in [-0.2, 0) is 4.79 Å². The van der Waals surface area contributed by atoms with Crippen LogP contribution in [0.2, 0.25) is 0 Å². The second kappa shape index (κ2) is 11.3. The second-order valence-corrected chi connectivity index (χ2v) is 7.24. The third kappa shape index (κ3) is 8.41. The summed E-state index contributed by atoms with van der Waals surface area (Å²) < 4.78 is 37.4. The Morgan fingerprint density at radius 1 is 1.15 bits per heavy atom. The highest BCUT2D eigenvalue weighted by Gasteiger charge is 2.34. The lowest BCUT2D eigenvalue weighted by Crippen LogP contribution is -2.47. The van der Waals surface area contributed by atoms with Gasteiger partial charge in [-0.15, -0.1) is 24.0 Å². The Hall–Kier alpha value is -0.780. The molecule has 2 rings (SSSR count). The van der Waals surface area contributed by atoms with Gasteiger partial charge in [0.05, 0.1) is 6.54 Å². The Bertz CT molecular complexity index is 495. The predicted octanol–water partition coefficient (Wildman–Crippen LogP) is 1.91. The first-order valence-electron chi connectivity index (χ1n) is 9.26. The first-order valence-corrected chi connectivity index (χ1v) is 9.26. The average Bonchev–Trinajstić information content (AvgIpc) is 3.02. The molecule has 2 fully saturated rings. The van der Waals surface area contributed by atoms with Crippen molar-refractivity contribution in [2.75, 3.05) is 53.4 Å². The number of nitrogens with zero attached hydrogens (tertiary/aromatic N) is 3. The number of alkyl halides is 3. The standard InChI is InChI=1S/C17H30F3N5O.HI/c1-21-15(26)9-13-4-7-25(8-5-13)16(22-2)23-10-14-3-6-24(11-14)12-17(18,19)20;/h13-14H,3-12H2,1-2H3,(H,21,26)(H,22,23);1H. The molecule has 2 saturated heterocycles. The smallest absolute Gasteiger partial charge is 0.359 e. The number of nitrogens with one attached hydrogen (secondary N) is 2. The van der Waals surface area contributed by atoms with Gasteiger partial charge in [-0.05, 0) is 37.6 Å². The Labute approximate surface area is 176 Å². The number of amides is 1. The molecule has 2 aliphatic heterocycles. The van der Waals surface area contributed by atoms with Gasteiger partial charge in [-0.1, -0.05) is 0 Å². The summed E-state index contributed by atoms with van der Waals surface area (Å²) in [7, 11) is 3.38. The zero-order valence-corrected chi connectivity index (χ0v) is 18.3. The number of aliphatic imine (C=N–C) groups is 1. The number of hydrogen-bond acceptors (Lipinski definition) is 3. The molecule has 2 aliphatic rings. The molecule has 2 heterocycles. The first kappa shape index (κ1) is 24.3. The van der Waals surface area contributed by atoms with E-state index in [0.717, 1.165) is 38.3 Å². The highest BCUT2D eigenvalue weighted by Crippen LogP contribution is 2.23. The van der Waals surface area contributed by atoms with Crippen LogP contribution in [0.25, 0.3) is 0 Å². The number of hydrogen-bond donors (Lipinski definition) is 2. The number of piperidine rings is 1. The summed E-state index contributed by atoms with van der Waals surface area (Å²) in [5, 5.41) is 5.98. The summed E-state index contributed by atoms with van der Waals surface area (Å²) >= 11 is 0. The van der Waals surface area contributed by atoms with Crippen LogP contribution in [-0.4, -0.2) is 81.2 Å². The highest BCUT2D eigenvalue weighted by molar-refractivity contribution is 14.0. The normalized spacial score (nSPS) is 22.5. The summed E-state index contributed by atoms with van der Waals surface area (Å²) in [6, 6.07) is 0. The van der Waals surface area contributed by atoms with Crippen LogP contribution in [0, 0.1) is 11.8 Å². The minimum absolute atomic E-state index is 0. The molecule has 0 saturated carbocycles. The molecule has 10 heteroatoms. The third-order valence-corrected chi connectivity index (χ3v) is 5.20. The molecule has 1 atom stereocenters. The van der Waals surface area contributed by atoms with E-state index in [0.29, 0.717) is 32.0 Å². The number of rotatable bonds is 5. The fraction of sp³-hybridized carbons (Fsp3) is 0.882. The number of likely N-dealkylation sites (tertiary alicyclic amines) is 2. The SMILES string of the molecule is CN=C(NCC1CCN(CC(F)(F)F)C1)N1CCC(CC(=O)NC)CC1.I. The summed E-state index contributed by atoms with van der Waals surface area (Å²) in [4.78, 5) is 19.4. The molecule has 27 heavy (non-hydrogen) atoms. The number of guanidine groups is 1. The van der Waals surface area contributed by atoms with E-state index in [1.807, 2.05) is 0 Å². The zero-order chi connectivity index (χ0) is 19.2. The average molecular weight is 505 g/mol. The molecule has 1 amide bonds. The van der Waals surface area contributed by atoms with Crippen molar-refractivity contribution in [2.45, 2.75) is 31.9 Å². The van der Waals surface area contributed by atoms with Gasteiger partial charge in [-0.3, -0.25) is 14.7 Å². The molecule has 0 radical (unpaired) electrons. The molecule has 0 aromatic heterocycles. The van der Waals surface area contributed by atoms with E-state index >= 15 is 0 Å². The molecule has 0 aromatic rings. The van der Waals surface area contributed by atoms with Crippen molar-refractivity contribution >= 4 is 35.8 Å². The van der Waals surface area contributed by atoms with Crippen LogP contribution in [0.4, 0.5) is 13.2 Å². The van der Waals surface area contributed by atoms with Crippen LogP contribution in [0.5, 0.6) is 0 Å². The molecular formula is C17H31F3IN5O. The summed E-state index contributed by atoms with van der Waals surface area (Å²) in [5.41, 5.74) is 0. The van der Waals surface area contributed by atoms with Crippen molar-refractivity contribution in [3.63, 3.8) is 0 Å². The molecule has 0 spiro atoms. The lowest BCUT2D eigenvalue weighted by molar-refractivity contribution is -0.143. The summed E-state index contributed by atoms with van der Waals surface area (Å²) in [6.07, 6.45) is -0.910. The third-order valence-electron chi connectivity index (χ3n) is 5.20. The van der Waals surface area contributed by atoms with Gasteiger partial charge in [-0.2, -0.15) is 13.2 Å². The quantitative estimate of drug-likeness (QED) is 0.341. The molecule has 1 unspecified atom stereocenters. The summed E-state index contributed by atoms with van der Waals surface area (Å²) in [5.74, 6) is 1.49. The molecule has 0 aromatic carbocycles. The van der Waals surface area contributed by atoms with Crippen LogP contribution in [0.15, 0.2) is 4.99 Å². The van der Waals surface area contributed by atoms with Crippen LogP contribution >= 0.6 is 24.0 Å². The van der Waals surface area contributed by atoms with Gasteiger partial charge in [-0.25, -0.2) is 0 Å². The Kier molecular flexibility index (Phi) is 10.1. The number of carbonyl (C=O) groups excluding carboxylic acids is 1. The van der Waals surface area contributed by atoms with Gasteiger partial charge < -0.3 is 15.5 Å². The zero-order valence-electron chi connectivity index (χ0n) is 16.0. The van der Waals surface area contributed by atoms with Crippen molar-refractivity contribution in [1.82, 2.24) is 20.4 Å². The van der Waals surface area contributed by atoms with Crippen LogP contribution in [0.1, 0.15) is 25.7 Å². The van der Waals surface area contributed by atoms with Gasteiger partial charge in [0.1, 0.15) is 0 Å². The van der Waals surface area contributed by atoms with Crippen molar-refractivity contribution in [3.8, 4) is 0 Å². The van der Waals surface area contributed by atoms with Crippen molar-refractivity contribution in [2.24, 2.45) is 16.8 Å². The van der Waals surface area contributed by atoms with Gasteiger partial charge >= 0.3 is 6.18 Å². The van der Waals surface area contributed by atoms with E-state index < -0.39 is 12.7 Å². The molecule has 6 nitrogen and oxygen atoms in total. The van der Waals surface area contributed by atoms with E-state index in [-0.39, 0.29) is 35.8 Å². The predicted molar refractivity (Wildman–Crippen MR) is 110 cm³/mol. The van der Waals surface area contributed by atoms with Gasteiger partial charge in [0, 0.05) is 46.7 Å². The number of halogens is 4. The van der Waals surface area contributed by atoms with Crippen LogP contribution in [0.3, 0.4) is 0 Å².